The molecule has 4 unspecified atom stereocenters. The van der Waals surface area contributed by atoms with Crippen LogP contribution in [0.5, 0.6) is 0 Å². The molecule has 3 nitrogen and oxygen atoms in total. The van der Waals surface area contributed by atoms with Crippen molar-refractivity contribution >= 4 is 0 Å². The Balaban J connectivity index is 1.98. The standard InChI is InChI=1S/C10H14O3/c11-8-2-1-6-7(8)3-5-4-9(12)10(6)13-5/h5,8-12H,1-4H2. The van der Waals surface area contributed by atoms with E-state index in [1.165, 1.54) is 5.57 Å². The second kappa shape index (κ2) is 2.56. The minimum absolute atomic E-state index is 0.0918. The van der Waals surface area contributed by atoms with Crippen molar-refractivity contribution in [2.75, 3.05) is 0 Å². The second-order valence-corrected chi connectivity index (χ2v) is 4.29. The van der Waals surface area contributed by atoms with Crippen LogP contribution in [0.2, 0.25) is 0 Å². The molecule has 1 saturated heterocycles. The van der Waals surface area contributed by atoms with Gasteiger partial charge in [-0.25, -0.2) is 0 Å². The molecule has 2 bridgehead atoms. The summed E-state index contributed by atoms with van der Waals surface area (Å²) in [7, 11) is 0. The number of aliphatic hydroxyl groups excluding tert-OH is 2. The minimum Gasteiger partial charge on any atom is -0.390 e. The summed E-state index contributed by atoms with van der Waals surface area (Å²) in [5.41, 5.74) is 2.35. The van der Waals surface area contributed by atoms with Gasteiger partial charge in [0.05, 0.1) is 18.3 Å². The number of hydrogen-bond donors (Lipinski definition) is 2. The fourth-order valence-corrected chi connectivity index (χ4v) is 2.87. The highest BCUT2D eigenvalue weighted by molar-refractivity contribution is 5.32. The predicted molar refractivity (Wildman–Crippen MR) is 46.2 cm³/mol. The van der Waals surface area contributed by atoms with Crippen LogP contribution in [-0.2, 0) is 4.74 Å². The zero-order valence-electron chi connectivity index (χ0n) is 7.44. The maximum atomic E-state index is 9.69. The van der Waals surface area contributed by atoms with Gasteiger partial charge in [-0.05, 0) is 30.4 Å². The van der Waals surface area contributed by atoms with Crippen molar-refractivity contribution in [2.24, 2.45) is 0 Å². The van der Waals surface area contributed by atoms with Gasteiger partial charge < -0.3 is 14.9 Å². The highest BCUT2D eigenvalue weighted by Gasteiger charge is 2.44. The first kappa shape index (κ1) is 7.97. The van der Waals surface area contributed by atoms with E-state index < -0.39 is 0 Å². The molecule has 0 aromatic rings. The summed E-state index contributed by atoms with van der Waals surface area (Å²) in [5, 5.41) is 19.4. The summed E-state index contributed by atoms with van der Waals surface area (Å²) in [6.45, 7) is 0. The van der Waals surface area contributed by atoms with Crippen molar-refractivity contribution in [1.29, 1.82) is 0 Å². The van der Waals surface area contributed by atoms with Crippen molar-refractivity contribution in [1.82, 2.24) is 0 Å². The molecule has 2 heterocycles. The molecule has 4 atom stereocenters. The molecule has 0 amide bonds. The zero-order chi connectivity index (χ0) is 9.00. The van der Waals surface area contributed by atoms with E-state index in [4.69, 9.17) is 4.74 Å². The molecule has 0 aromatic heterocycles. The van der Waals surface area contributed by atoms with Gasteiger partial charge in [0.15, 0.2) is 0 Å². The van der Waals surface area contributed by atoms with E-state index in [0.29, 0.717) is 0 Å². The number of aliphatic hydroxyl groups is 2. The van der Waals surface area contributed by atoms with Crippen LogP contribution in [0.4, 0.5) is 0 Å². The van der Waals surface area contributed by atoms with Crippen molar-refractivity contribution < 1.29 is 14.9 Å². The Kier molecular flexibility index (Phi) is 1.57. The van der Waals surface area contributed by atoms with E-state index in [0.717, 1.165) is 31.3 Å². The monoisotopic (exact) mass is 182 g/mol. The average molecular weight is 182 g/mol. The Morgan fingerprint density at radius 2 is 2.08 bits per heavy atom. The zero-order valence-corrected chi connectivity index (χ0v) is 7.44. The molecule has 0 radical (unpaired) electrons. The fourth-order valence-electron chi connectivity index (χ4n) is 2.87. The van der Waals surface area contributed by atoms with Gasteiger partial charge in [0.1, 0.15) is 6.10 Å². The number of rotatable bonds is 0. The molecule has 13 heavy (non-hydrogen) atoms. The first-order valence-corrected chi connectivity index (χ1v) is 4.99. The van der Waals surface area contributed by atoms with E-state index >= 15 is 0 Å². The lowest BCUT2D eigenvalue weighted by atomic mass is 10.0. The van der Waals surface area contributed by atoms with Gasteiger partial charge in [0, 0.05) is 6.42 Å². The first-order chi connectivity index (χ1) is 6.25. The lowest BCUT2D eigenvalue weighted by molar-refractivity contribution is 0.0203. The van der Waals surface area contributed by atoms with Crippen LogP contribution in [-0.4, -0.2) is 34.6 Å². The summed E-state index contributed by atoms with van der Waals surface area (Å²) >= 11 is 0. The largest absolute Gasteiger partial charge is 0.390 e. The quantitative estimate of drug-likeness (QED) is 0.532. The van der Waals surface area contributed by atoms with E-state index in [1.807, 2.05) is 0 Å². The van der Waals surface area contributed by atoms with Crippen LogP contribution in [0, 0.1) is 0 Å². The van der Waals surface area contributed by atoms with Crippen LogP contribution in [0.3, 0.4) is 0 Å². The Bertz CT molecular complexity index is 271. The molecule has 1 aliphatic carbocycles. The van der Waals surface area contributed by atoms with E-state index in [1.54, 1.807) is 0 Å². The smallest absolute Gasteiger partial charge is 0.105 e. The van der Waals surface area contributed by atoms with E-state index in [-0.39, 0.29) is 24.4 Å². The van der Waals surface area contributed by atoms with Crippen LogP contribution in [0.25, 0.3) is 0 Å². The van der Waals surface area contributed by atoms with E-state index in [9.17, 15) is 10.2 Å². The van der Waals surface area contributed by atoms with Gasteiger partial charge in [-0.2, -0.15) is 0 Å². The molecule has 72 valence electrons. The van der Waals surface area contributed by atoms with Crippen molar-refractivity contribution in [3.05, 3.63) is 11.1 Å². The van der Waals surface area contributed by atoms with Crippen molar-refractivity contribution in [2.45, 2.75) is 50.1 Å². The van der Waals surface area contributed by atoms with Gasteiger partial charge in [0.25, 0.3) is 0 Å². The maximum Gasteiger partial charge on any atom is 0.105 e. The molecule has 3 rings (SSSR count). The molecule has 2 aliphatic heterocycles. The van der Waals surface area contributed by atoms with Gasteiger partial charge in [-0.1, -0.05) is 0 Å². The summed E-state index contributed by atoms with van der Waals surface area (Å²) < 4.78 is 5.65. The van der Waals surface area contributed by atoms with Gasteiger partial charge in [0.2, 0.25) is 0 Å². The first-order valence-electron chi connectivity index (χ1n) is 4.99. The number of ether oxygens (including phenoxy) is 1. The third-order valence-corrected chi connectivity index (χ3v) is 3.49. The SMILES string of the molecule is OC1CCC2=C1CC1CC(O)C2O1. The van der Waals surface area contributed by atoms with Crippen molar-refractivity contribution in [3.8, 4) is 0 Å². The Labute approximate surface area is 77.0 Å². The summed E-state index contributed by atoms with van der Waals surface area (Å²) in [6, 6.07) is 0. The molecule has 3 aliphatic rings. The van der Waals surface area contributed by atoms with Crippen molar-refractivity contribution in [3.63, 3.8) is 0 Å². The lowest BCUT2D eigenvalue weighted by Crippen LogP contribution is -2.26. The molecule has 0 aromatic carbocycles. The summed E-state index contributed by atoms with van der Waals surface area (Å²) in [6.07, 6.45) is 2.79. The maximum absolute atomic E-state index is 9.69. The average Bonchev–Trinajstić information content (AvgIpc) is 2.59. The molecule has 1 fully saturated rings. The summed E-state index contributed by atoms with van der Waals surface area (Å²) in [5.74, 6) is 0. The van der Waals surface area contributed by atoms with Gasteiger partial charge in [-0.3, -0.25) is 0 Å². The molecular formula is C10H14O3. The molecule has 3 heteroatoms. The molecular weight excluding hydrogens is 168 g/mol. The third kappa shape index (κ3) is 1.01. The van der Waals surface area contributed by atoms with Crippen LogP contribution < -0.4 is 0 Å². The van der Waals surface area contributed by atoms with Crippen LogP contribution in [0.1, 0.15) is 25.7 Å². The topological polar surface area (TPSA) is 49.7 Å². The van der Waals surface area contributed by atoms with Crippen LogP contribution in [0.15, 0.2) is 11.1 Å². The Morgan fingerprint density at radius 3 is 2.92 bits per heavy atom. The molecule has 0 saturated carbocycles. The van der Waals surface area contributed by atoms with E-state index in [2.05, 4.69) is 0 Å². The lowest BCUT2D eigenvalue weighted by Gasteiger charge is -2.24. The van der Waals surface area contributed by atoms with Gasteiger partial charge >= 0.3 is 0 Å². The number of hydrogen-bond acceptors (Lipinski definition) is 3. The Hall–Kier alpha value is -0.380. The normalized spacial score (nSPS) is 48.5. The number of fused-ring (bicyclic) bond motifs is 3. The predicted octanol–water partition coefficient (Wildman–Crippen LogP) is 0.360. The Morgan fingerprint density at radius 1 is 1.23 bits per heavy atom. The molecule has 2 N–H and O–H groups in total. The minimum atomic E-state index is -0.331. The highest BCUT2D eigenvalue weighted by Crippen LogP contribution is 2.44. The summed E-state index contributed by atoms with van der Waals surface area (Å²) in [4.78, 5) is 0. The van der Waals surface area contributed by atoms with Gasteiger partial charge in [-0.15, -0.1) is 0 Å². The second-order valence-electron chi connectivity index (χ2n) is 4.29. The highest BCUT2D eigenvalue weighted by atomic mass is 16.5. The van der Waals surface area contributed by atoms with Crippen LogP contribution >= 0.6 is 0 Å². The molecule has 0 spiro atoms. The third-order valence-electron chi connectivity index (χ3n) is 3.49. The fraction of sp³-hybridized carbons (Fsp3) is 0.800.